The molecule has 0 aromatic carbocycles. The van der Waals surface area contributed by atoms with E-state index in [-0.39, 0.29) is 0 Å². The number of hydrogen-bond donors (Lipinski definition) is 0. The molecular weight excluding hydrogens is 172 g/mol. The van der Waals surface area contributed by atoms with E-state index >= 15 is 0 Å². The molecule has 0 spiro atoms. The maximum atomic E-state index is 4.45. The van der Waals surface area contributed by atoms with E-state index in [0.29, 0.717) is 0 Å². The van der Waals surface area contributed by atoms with Crippen molar-refractivity contribution in [2.24, 2.45) is 0 Å². The average Bonchev–Trinajstić information content (AvgIpc) is 2.60. The highest BCUT2D eigenvalue weighted by molar-refractivity contribution is 5.17. The Morgan fingerprint density at radius 3 is 2.50 bits per heavy atom. The maximum Gasteiger partial charge on any atom is 0.0524 e. The Morgan fingerprint density at radius 1 is 1.14 bits per heavy atom. The lowest BCUT2D eigenvalue weighted by molar-refractivity contribution is 0.535. The number of nitrogens with zero attached hydrogens (tertiary/aromatic N) is 2. The first-order chi connectivity index (χ1) is 6.83. The van der Waals surface area contributed by atoms with Crippen LogP contribution < -0.4 is 0 Å². The Balaban J connectivity index is 2.61. The van der Waals surface area contributed by atoms with Crippen LogP contribution in [0.2, 0.25) is 0 Å². The predicted octanol–water partition coefficient (Wildman–Crippen LogP) is 3.20. The fourth-order valence-corrected chi connectivity index (χ4v) is 1.86. The third-order valence-electron chi connectivity index (χ3n) is 2.72. The van der Waals surface area contributed by atoms with Gasteiger partial charge in [-0.05, 0) is 24.8 Å². The standard InChI is InChI=1S/C12H22N2/c1-4-7-8-9-14-12(6-3)11(5-2)10-13-14/h10H,4-9H2,1-3H3. The lowest BCUT2D eigenvalue weighted by atomic mass is 10.1. The van der Waals surface area contributed by atoms with Gasteiger partial charge in [0.15, 0.2) is 0 Å². The minimum Gasteiger partial charge on any atom is -0.269 e. The Hall–Kier alpha value is -0.790. The van der Waals surface area contributed by atoms with E-state index in [1.165, 1.54) is 30.5 Å². The summed E-state index contributed by atoms with van der Waals surface area (Å²) in [6.45, 7) is 7.75. The van der Waals surface area contributed by atoms with E-state index < -0.39 is 0 Å². The van der Waals surface area contributed by atoms with Gasteiger partial charge in [-0.3, -0.25) is 4.68 Å². The van der Waals surface area contributed by atoms with Crippen molar-refractivity contribution in [3.63, 3.8) is 0 Å². The Labute approximate surface area is 87.3 Å². The van der Waals surface area contributed by atoms with Crippen molar-refractivity contribution in [3.8, 4) is 0 Å². The summed E-state index contributed by atoms with van der Waals surface area (Å²) in [5.41, 5.74) is 2.85. The molecule has 2 heteroatoms. The molecule has 0 aliphatic rings. The van der Waals surface area contributed by atoms with Crippen molar-refractivity contribution in [2.75, 3.05) is 0 Å². The van der Waals surface area contributed by atoms with E-state index in [4.69, 9.17) is 0 Å². The van der Waals surface area contributed by atoms with Gasteiger partial charge in [0.2, 0.25) is 0 Å². The van der Waals surface area contributed by atoms with Crippen LogP contribution in [0.3, 0.4) is 0 Å². The highest BCUT2D eigenvalue weighted by Crippen LogP contribution is 2.11. The van der Waals surface area contributed by atoms with Crippen LogP contribution in [0.5, 0.6) is 0 Å². The number of unbranched alkanes of at least 4 members (excludes halogenated alkanes) is 2. The van der Waals surface area contributed by atoms with Crippen molar-refractivity contribution >= 4 is 0 Å². The van der Waals surface area contributed by atoms with E-state index in [0.717, 1.165) is 19.4 Å². The summed E-state index contributed by atoms with van der Waals surface area (Å²) in [7, 11) is 0. The number of hydrogen-bond acceptors (Lipinski definition) is 1. The zero-order valence-corrected chi connectivity index (χ0v) is 9.71. The van der Waals surface area contributed by atoms with E-state index in [9.17, 15) is 0 Å². The van der Waals surface area contributed by atoms with Gasteiger partial charge in [-0.25, -0.2) is 0 Å². The van der Waals surface area contributed by atoms with Crippen LogP contribution in [0.1, 0.15) is 51.3 Å². The molecule has 14 heavy (non-hydrogen) atoms. The summed E-state index contributed by atoms with van der Waals surface area (Å²) in [5.74, 6) is 0. The lowest BCUT2D eigenvalue weighted by Gasteiger charge is -2.06. The lowest BCUT2D eigenvalue weighted by Crippen LogP contribution is -2.05. The van der Waals surface area contributed by atoms with Crippen LogP contribution in [0.25, 0.3) is 0 Å². The summed E-state index contributed by atoms with van der Waals surface area (Å²) in [6, 6.07) is 0. The minimum absolute atomic E-state index is 1.09. The van der Waals surface area contributed by atoms with Gasteiger partial charge in [0.1, 0.15) is 0 Å². The van der Waals surface area contributed by atoms with Gasteiger partial charge in [-0.15, -0.1) is 0 Å². The van der Waals surface area contributed by atoms with Crippen LogP contribution in [0, 0.1) is 0 Å². The van der Waals surface area contributed by atoms with Crippen molar-refractivity contribution in [1.82, 2.24) is 9.78 Å². The second kappa shape index (κ2) is 5.84. The molecule has 1 aromatic rings. The molecule has 0 saturated heterocycles. The van der Waals surface area contributed by atoms with Crippen molar-refractivity contribution in [2.45, 2.75) is 59.4 Å². The highest BCUT2D eigenvalue weighted by Gasteiger charge is 2.06. The molecular formula is C12H22N2. The predicted molar refractivity (Wildman–Crippen MR) is 60.5 cm³/mol. The topological polar surface area (TPSA) is 17.8 Å². The molecule has 1 heterocycles. The molecule has 1 aromatic heterocycles. The summed E-state index contributed by atoms with van der Waals surface area (Å²) in [4.78, 5) is 0. The van der Waals surface area contributed by atoms with E-state index in [1.807, 2.05) is 6.20 Å². The van der Waals surface area contributed by atoms with Crippen molar-refractivity contribution in [1.29, 1.82) is 0 Å². The van der Waals surface area contributed by atoms with Gasteiger partial charge >= 0.3 is 0 Å². The second-order valence-electron chi connectivity index (χ2n) is 3.75. The third-order valence-corrected chi connectivity index (χ3v) is 2.72. The first-order valence-electron chi connectivity index (χ1n) is 5.87. The van der Waals surface area contributed by atoms with Crippen molar-refractivity contribution < 1.29 is 0 Å². The molecule has 0 fully saturated rings. The van der Waals surface area contributed by atoms with E-state index in [2.05, 4.69) is 30.6 Å². The first-order valence-corrected chi connectivity index (χ1v) is 5.87. The Kier molecular flexibility index (Phi) is 4.71. The van der Waals surface area contributed by atoms with Gasteiger partial charge in [-0.2, -0.15) is 5.10 Å². The van der Waals surface area contributed by atoms with Crippen LogP contribution >= 0.6 is 0 Å². The smallest absolute Gasteiger partial charge is 0.0524 e. The normalized spacial score (nSPS) is 10.8. The largest absolute Gasteiger partial charge is 0.269 e. The Morgan fingerprint density at radius 2 is 1.93 bits per heavy atom. The molecule has 0 radical (unpaired) electrons. The molecule has 0 N–H and O–H groups in total. The summed E-state index contributed by atoms with van der Waals surface area (Å²) in [5, 5.41) is 4.45. The van der Waals surface area contributed by atoms with Gasteiger partial charge in [0.25, 0.3) is 0 Å². The number of aromatic nitrogens is 2. The van der Waals surface area contributed by atoms with Gasteiger partial charge in [0, 0.05) is 12.2 Å². The summed E-state index contributed by atoms with van der Waals surface area (Å²) < 4.78 is 2.19. The zero-order valence-electron chi connectivity index (χ0n) is 9.71. The fourth-order valence-electron chi connectivity index (χ4n) is 1.86. The fraction of sp³-hybridized carbons (Fsp3) is 0.750. The third kappa shape index (κ3) is 2.60. The first kappa shape index (κ1) is 11.3. The van der Waals surface area contributed by atoms with Crippen LogP contribution in [0.15, 0.2) is 6.20 Å². The molecule has 0 amide bonds. The maximum absolute atomic E-state index is 4.45. The molecule has 0 saturated carbocycles. The molecule has 0 aliphatic carbocycles. The molecule has 0 bridgehead atoms. The molecule has 80 valence electrons. The average molecular weight is 194 g/mol. The monoisotopic (exact) mass is 194 g/mol. The second-order valence-corrected chi connectivity index (χ2v) is 3.75. The quantitative estimate of drug-likeness (QED) is 0.636. The molecule has 0 unspecified atom stereocenters. The Bertz CT molecular complexity index is 263. The molecule has 1 rings (SSSR count). The van der Waals surface area contributed by atoms with Crippen LogP contribution in [0.4, 0.5) is 0 Å². The van der Waals surface area contributed by atoms with Gasteiger partial charge < -0.3 is 0 Å². The van der Waals surface area contributed by atoms with Crippen LogP contribution in [-0.4, -0.2) is 9.78 Å². The van der Waals surface area contributed by atoms with Crippen molar-refractivity contribution in [3.05, 3.63) is 17.5 Å². The highest BCUT2D eigenvalue weighted by atomic mass is 15.3. The summed E-state index contributed by atoms with van der Waals surface area (Å²) in [6.07, 6.45) is 8.10. The number of aryl methyl sites for hydroxylation is 2. The summed E-state index contributed by atoms with van der Waals surface area (Å²) >= 11 is 0. The van der Waals surface area contributed by atoms with Gasteiger partial charge in [0.05, 0.1) is 6.20 Å². The SMILES string of the molecule is CCCCCn1ncc(CC)c1CC. The van der Waals surface area contributed by atoms with E-state index in [1.54, 1.807) is 0 Å². The molecule has 0 aliphatic heterocycles. The van der Waals surface area contributed by atoms with Gasteiger partial charge in [-0.1, -0.05) is 33.6 Å². The van der Waals surface area contributed by atoms with Crippen LogP contribution in [-0.2, 0) is 19.4 Å². The molecule has 2 nitrogen and oxygen atoms in total. The molecule has 0 atom stereocenters. The minimum atomic E-state index is 1.09. The number of rotatable bonds is 6. The zero-order chi connectivity index (χ0) is 10.4.